The predicted octanol–water partition coefficient (Wildman–Crippen LogP) is 3.78. The molecular formula is C13H9Cl2NO2. The molecule has 0 atom stereocenters. The number of benzene rings is 1. The van der Waals surface area contributed by atoms with Gasteiger partial charge in [-0.1, -0.05) is 53.5 Å². The van der Waals surface area contributed by atoms with Crippen LogP contribution in [0.5, 0.6) is 5.75 Å². The van der Waals surface area contributed by atoms with Crippen molar-refractivity contribution in [2.75, 3.05) is 0 Å². The van der Waals surface area contributed by atoms with Crippen molar-refractivity contribution in [2.45, 2.75) is 6.61 Å². The molecule has 5 heteroatoms. The average molecular weight is 282 g/mol. The molecule has 92 valence electrons. The molecule has 0 N–H and O–H groups in total. The van der Waals surface area contributed by atoms with Gasteiger partial charge in [-0.25, -0.2) is 4.98 Å². The van der Waals surface area contributed by atoms with E-state index in [1.165, 1.54) is 6.07 Å². The van der Waals surface area contributed by atoms with Gasteiger partial charge < -0.3 is 4.74 Å². The number of aldehydes is 1. The molecule has 0 bridgehead atoms. The number of carbonyl (C=O) groups is 1. The first-order valence-electron chi connectivity index (χ1n) is 5.18. The first-order valence-corrected chi connectivity index (χ1v) is 5.94. The maximum Gasteiger partial charge on any atom is 0.156 e. The zero-order chi connectivity index (χ0) is 13.0. The van der Waals surface area contributed by atoms with Crippen molar-refractivity contribution in [2.24, 2.45) is 0 Å². The predicted molar refractivity (Wildman–Crippen MR) is 70.4 cm³/mol. The summed E-state index contributed by atoms with van der Waals surface area (Å²) in [5, 5.41) is 0.231. The highest BCUT2D eigenvalue weighted by Crippen LogP contribution is 2.27. The molecule has 0 radical (unpaired) electrons. The van der Waals surface area contributed by atoms with Gasteiger partial charge in [-0.2, -0.15) is 0 Å². The van der Waals surface area contributed by atoms with Crippen molar-refractivity contribution in [3.05, 3.63) is 57.8 Å². The van der Waals surface area contributed by atoms with Crippen LogP contribution in [0.1, 0.15) is 15.9 Å². The Balaban J connectivity index is 2.21. The van der Waals surface area contributed by atoms with Crippen LogP contribution in [-0.4, -0.2) is 11.3 Å². The first kappa shape index (κ1) is 12.9. The van der Waals surface area contributed by atoms with E-state index in [9.17, 15) is 4.79 Å². The highest BCUT2D eigenvalue weighted by molar-refractivity contribution is 6.34. The largest absolute Gasteiger partial charge is 0.488 e. The van der Waals surface area contributed by atoms with Gasteiger partial charge in [0.25, 0.3) is 0 Å². The van der Waals surface area contributed by atoms with E-state index < -0.39 is 0 Å². The van der Waals surface area contributed by atoms with Crippen LogP contribution in [-0.2, 0) is 6.61 Å². The Morgan fingerprint density at radius 1 is 1.22 bits per heavy atom. The molecule has 0 saturated heterocycles. The summed E-state index contributed by atoms with van der Waals surface area (Å²) in [6.07, 6.45) is 0.603. The van der Waals surface area contributed by atoms with Crippen LogP contribution in [0, 0.1) is 0 Å². The second-order valence-corrected chi connectivity index (χ2v) is 4.28. The number of halogens is 2. The van der Waals surface area contributed by atoms with Gasteiger partial charge in [0, 0.05) is 6.07 Å². The summed E-state index contributed by atoms with van der Waals surface area (Å²) < 4.78 is 5.54. The number of carbonyl (C=O) groups excluding carboxylic acids is 1. The fourth-order valence-corrected chi connectivity index (χ4v) is 1.89. The standard InChI is InChI=1S/C13H9Cl2NO2/c14-12-6-11(10(7-17)13(15)16-12)18-8-9-4-2-1-3-5-9/h1-7H,8H2. The third-order valence-corrected chi connectivity index (χ3v) is 2.78. The molecule has 1 aromatic heterocycles. The monoisotopic (exact) mass is 281 g/mol. The Morgan fingerprint density at radius 3 is 2.61 bits per heavy atom. The number of nitrogens with zero attached hydrogens (tertiary/aromatic N) is 1. The molecular weight excluding hydrogens is 273 g/mol. The molecule has 2 rings (SSSR count). The summed E-state index contributed by atoms with van der Waals surface area (Å²) in [6, 6.07) is 11.0. The Morgan fingerprint density at radius 2 is 1.94 bits per heavy atom. The SMILES string of the molecule is O=Cc1c(OCc2ccccc2)cc(Cl)nc1Cl. The fourth-order valence-electron chi connectivity index (χ4n) is 1.44. The van der Waals surface area contributed by atoms with E-state index in [1.54, 1.807) is 0 Å². The second-order valence-electron chi connectivity index (χ2n) is 3.54. The lowest BCUT2D eigenvalue weighted by Crippen LogP contribution is -2.00. The van der Waals surface area contributed by atoms with Crippen molar-refractivity contribution in [3.8, 4) is 5.75 Å². The molecule has 18 heavy (non-hydrogen) atoms. The van der Waals surface area contributed by atoms with Crippen LogP contribution in [0.15, 0.2) is 36.4 Å². The Labute approximate surface area is 114 Å². The molecule has 2 aromatic rings. The third kappa shape index (κ3) is 3.00. The molecule has 0 aliphatic heterocycles. The molecule has 3 nitrogen and oxygen atoms in total. The van der Waals surface area contributed by atoms with Crippen LogP contribution in [0.2, 0.25) is 10.3 Å². The van der Waals surface area contributed by atoms with E-state index in [2.05, 4.69) is 4.98 Å². The maximum absolute atomic E-state index is 10.9. The van der Waals surface area contributed by atoms with Crippen LogP contribution < -0.4 is 4.74 Å². The number of rotatable bonds is 4. The maximum atomic E-state index is 10.9. The number of pyridine rings is 1. The summed E-state index contributed by atoms with van der Waals surface area (Å²) in [7, 11) is 0. The minimum atomic E-state index is 0.0422. The first-order chi connectivity index (χ1) is 8.70. The molecule has 0 spiro atoms. The summed E-state index contributed by atoms with van der Waals surface area (Å²) in [6.45, 7) is 0.332. The fraction of sp³-hybridized carbons (Fsp3) is 0.0769. The Hall–Kier alpha value is -1.58. The van der Waals surface area contributed by atoms with Crippen molar-refractivity contribution >= 4 is 29.5 Å². The van der Waals surface area contributed by atoms with E-state index in [0.717, 1.165) is 5.56 Å². The quantitative estimate of drug-likeness (QED) is 0.632. The number of hydrogen-bond acceptors (Lipinski definition) is 3. The number of ether oxygens (including phenoxy) is 1. The zero-order valence-electron chi connectivity index (χ0n) is 9.27. The van der Waals surface area contributed by atoms with Crippen molar-refractivity contribution in [1.29, 1.82) is 0 Å². The third-order valence-electron chi connectivity index (χ3n) is 2.30. The van der Waals surface area contributed by atoms with E-state index in [1.807, 2.05) is 30.3 Å². The Bertz CT molecular complexity index is 558. The van der Waals surface area contributed by atoms with Crippen LogP contribution in [0.4, 0.5) is 0 Å². The van der Waals surface area contributed by atoms with Crippen molar-refractivity contribution < 1.29 is 9.53 Å². The molecule has 0 fully saturated rings. The van der Waals surface area contributed by atoms with Crippen LogP contribution in [0.3, 0.4) is 0 Å². The van der Waals surface area contributed by atoms with Gasteiger partial charge in [-0.05, 0) is 5.56 Å². The summed E-state index contributed by atoms with van der Waals surface area (Å²) in [4.78, 5) is 14.7. The van der Waals surface area contributed by atoms with Gasteiger partial charge in [0.2, 0.25) is 0 Å². The smallest absolute Gasteiger partial charge is 0.156 e. The Kier molecular flexibility index (Phi) is 4.18. The number of hydrogen-bond donors (Lipinski definition) is 0. The van der Waals surface area contributed by atoms with E-state index in [0.29, 0.717) is 18.6 Å². The van der Waals surface area contributed by atoms with Crippen LogP contribution >= 0.6 is 23.2 Å². The molecule has 0 aliphatic carbocycles. The van der Waals surface area contributed by atoms with Gasteiger partial charge in [-0.15, -0.1) is 0 Å². The minimum Gasteiger partial charge on any atom is -0.488 e. The van der Waals surface area contributed by atoms with Gasteiger partial charge >= 0.3 is 0 Å². The lowest BCUT2D eigenvalue weighted by molar-refractivity contribution is 0.111. The highest BCUT2D eigenvalue weighted by Gasteiger charge is 2.11. The van der Waals surface area contributed by atoms with E-state index in [-0.39, 0.29) is 15.9 Å². The summed E-state index contributed by atoms with van der Waals surface area (Å²) in [5.74, 6) is 0.332. The normalized spacial score (nSPS) is 10.1. The second kappa shape index (κ2) is 5.85. The zero-order valence-corrected chi connectivity index (χ0v) is 10.8. The van der Waals surface area contributed by atoms with Gasteiger partial charge in [0.15, 0.2) is 6.29 Å². The summed E-state index contributed by atoms with van der Waals surface area (Å²) >= 11 is 11.6. The van der Waals surface area contributed by atoms with Gasteiger partial charge in [0.1, 0.15) is 22.7 Å². The van der Waals surface area contributed by atoms with Gasteiger partial charge in [-0.3, -0.25) is 4.79 Å². The minimum absolute atomic E-state index is 0.0422. The molecule has 0 amide bonds. The molecule has 1 heterocycles. The average Bonchev–Trinajstić information content (AvgIpc) is 2.37. The van der Waals surface area contributed by atoms with Crippen molar-refractivity contribution in [1.82, 2.24) is 4.98 Å². The van der Waals surface area contributed by atoms with E-state index >= 15 is 0 Å². The highest BCUT2D eigenvalue weighted by atomic mass is 35.5. The topological polar surface area (TPSA) is 39.2 Å². The summed E-state index contributed by atoms with van der Waals surface area (Å²) in [5.41, 5.74) is 1.19. The number of aromatic nitrogens is 1. The molecule has 0 aliphatic rings. The lowest BCUT2D eigenvalue weighted by atomic mass is 10.2. The van der Waals surface area contributed by atoms with Crippen molar-refractivity contribution in [3.63, 3.8) is 0 Å². The lowest BCUT2D eigenvalue weighted by Gasteiger charge is -2.09. The van der Waals surface area contributed by atoms with E-state index in [4.69, 9.17) is 27.9 Å². The molecule has 0 unspecified atom stereocenters. The van der Waals surface area contributed by atoms with Crippen LogP contribution in [0.25, 0.3) is 0 Å². The van der Waals surface area contributed by atoms with Gasteiger partial charge in [0.05, 0.1) is 5.56 Å². The molecule has 1 aromatic carbocycles. The molecule has 0 saturated carbocycles.